The van der Waals surface area contributed by atoms with Gasteiger partial charge in [0.05, 0.1) is 6.20 Å². The molecule has 0 radical (unpaired) electrons. The first-order valence-corrected chi connectivity index (χ1v) is 8.42. The van der Waals surface area contributed by atoms with Gasteiger partial charge in [-0.25, -0.2) is 0 Å². The third kappa shape index (κ3) is 3.77. The van der Waals surface area contributed by atoms with Crippen LogP contribution in [0.25, 0.3) is 0 Å². The summed E-state index contributed by atoms with van der Waals surface area (Å²) in [5.74, 6) is 1.32. The number of carbonyl (C=O) groups excluding carboxylic acids is 1. The SMILES string of the molecule is CC1CCC(=CC(=O)NCc2cn[nH]c2C2CCNC2)CC1. The Balaban J connectivity index is 1.53. The Morgan fingerprint density at radius 3 is 2.95 bits per heavy atom. The lowest BCUT2D eigenvalue weighted by Crippen LogP contribution is -2.22. The molecular weight excluding hydrogens is 276 g/mol. The number of aromatic nitrogens is 2. The van der Waals surface area contributed by atoms with E-state index in [4.69, 9.17) is 0 Å². The number of allylic oxidation sites excluding steroid dienone is 1. The molecule has 1 atom stereocenters. The summed E-state index contributed by atoms with van der Waals surface area (Å²) in [6.07, 6.45) is 9.33. The molecule has 0 bridgehead atoms. The molecule has 3 N–H and O–H groups in total. The number of amides is 1. The van der Waals surface area contributed by atoms with Crippen LogP contribution < -0.4 is 10.6 Å². The van der Waals surface area contributed by atoms with Crippen molar-refractivity contribution >= 4 is 5.91 Å². The molecule has 5 nitrogen and oxygen atoms in total. The van der Waals surface area contributed by atoms with Crippen molar-refractivity contribution in [3.05, 3.63) is 29.1 Å². The quantitative estimate of drug-likeness (QED) is 0.747. The number of rotatable bonds is 4. The Morgan fingerprint density at radius 1 is 1.41 bits per heavy atom. The van der Waals surface area contributed by atoms with Crippen molar-refractivity contribution in [1.82, 2.24) is 20.8 Å². The number of hydrogen-bond donors (Lipinski definition) is 3. The highest BCUT2D eigenvalue weighted by atomic mass is 16.1. The van der Waals surface area contributed by atoms with E-state index in [1.165, 1.54) is 24.1 Å². The highest BCUT2D eigenvalue weighted by Gasteiger charge is 2.21. The predicted octanol–water partition coefficient (Wildman–Crippen LogP) is 2.24. The number of nitrogens with zero attached hydrogens (tertiary/aromatic N) is 1. The zero-order chi connectivity index (χ0) is 15.4. The zero-order valence-electron chi connectivity index (χ0n) is 13.3. The topological polar surface area (TPSA) is 69.8 Å². The first-order valence-electron chi connectivity index (χ1n) is 8.42. The number of nitrogens with one attached hydrogen (secondary N) is 3. The molecule has 1 amide bonds. The van der Waals surface area contributed by atoms with Gasteiger partial charge in [-0.1, -0.05) is 12.5 Å². The molecule has 1 saturated carbocycles. The van der Waals surface area contributed by atoms with Crippen LogP contribution in [0.2, 0.25) is 0 Å². The molecule has 1 aromatic rings. The van der Waals surface area contributed by atoms with Crippen molar-refractivity contribution in [1.29, 1.82) is 0 Å². The van der Waals surface area contributed by atoms with E-state index in [-0.39, 0.29) is 5.91 Å². The summed E-state index contributed by atoms with van der Waals surface area (Å²) in [4.78, 5) is 12.1. The molecule has 3 rings (SSSR count). The molecule has 2 heterocycles. The Bertz CT molecular complexity index is 533. The van der Waals surface area contributed by atoms with Gasteiger partial charge < -0.3 is 10.6 Å². The van der Waals surface area contributed by atoms with Gasteiger partial charge in [0.15, 0.2) is 0 Å². The summed E-state index contributed by atoms with van der Waals surface area (Å²) in [5.41, 5.74) is 3.57. The van der Waals surface area contributed by atoms with Crippen LogP contribution in [0.3, 0.4) is 0 Å². The number of H-pyrrole nitrogens is 1. The first-order chi connectivity index (χ1) is 10.7. The third-order valence-electron chi connectivity index (χ3n) is 4.92. The molecule has 2 aliphatic rings. The van der Waals surface area contributed by atoms with Gasteiger partial charge in [-0.05, 0) is 44.6 Å². The fourth-order valence-corrected chi connectivity index (χ4v) is 3.41. The highest BCUT2D eigenvalue weighted by molar-refractivity contribution is 5.88. The van der Waals surface area contributed by atoms with Gasteiger partial charge >= 0.3 is 0 Å². The fourth-order valence-electron chi connectivity index (χ4n) is 3.41. The van der Waals surface area contributed by atoms with E-state index in [1.807, 2.05) is 12.3 Å². The normalized spacial score (nSPS) is 25.2. The van der Waals surface area contributed by atoms with Crippen LogP contribution in [0.15, 0.2) is 17.8 Å². The van der Waals surface area contributed by atoms with E-state index >= 15 is 0 Å². The van der Waals surface area contributed by atoms with E-state index < -0.39 is 0 Å². The third-order valence-corrected chi connectivity index (χ3v) is 4.92. The van der Waals surface area contributed by atoms with Crippen molar-refractivity contribution in [3.8, 4) is 0 Å². The molecule has 5 heteroatoms. The molecule has 0 aromatic carbocycles. The Morgan fingerprint density at radius 2 is 2.23 bits per heavy atom. The minimum atomic E-state index is 0.0289. The van der Waals surface area contributed by atoms with Crippen LogP contribution in [0.1, 0.15) is 56.2 Å². The maximum absolute atomic E-state index is 12.1. The Labute approximate surface area is 131 Å². The lowest BCUT2D eigenvalue weighted by Gasteiger charge is -2.19. The van der Waals surface area contributed by atoms with Crippen LogP contribution >= 0.6 is 0 Å². The molecule has 1 aliphatic carbocycles. The van der Waals surface area contributed by atoms with Crippen molar-refractivity contribution in [2.75, 3.05) is 13.1 Å². The summed E-state index contributed by atoms with van der Waals surface area (Å²) in [6.45, 7) is 4.89. The molecule has 120 valence electrons. The van der Waals surface area contributed by atoms with Gasteiger partial charge in [-0.2, -0.15) is 5.10 Å². The number of carbonyl (C=O) groups is 1. The van der Waals surface area contributed by atoms with Gasteiger partial charge in [0.2, 0.25) is 5.91 Å². The Hall–Kier alpha value is -1.62. The lowest BCUT2D eigenvalue weighted by atomic mass is 9.87. The molecule has 1 unspecified atom stereocenters. The fraction of sp³-hybridized carbons (Fsp3) is 0.647. The van der Waals surface area contributed by atoms with Gasteiger partial charge in [0.1, 0.15) is 0 Å². The monoisotopic (exact) mass is 302 g/mol. The second kappa shape index (κ2) is 7.09. The average molecular weight is 302 g/mol. The van der Waals surface area contributed by atoms with Crippen LogP contribution in [-0.2, 0) is 11.3 Å². The summed E-state index contributed by atoms with van der Waals surface area (Å²) in [5, 5.41) is 13.6. The Kier molecular flexibility index (Phi) is 4.93. The lowest BCUT2D eigenvalue weighted by molar-refractivity contribution is -0.116. The van der Waals surface area contributed by atoms with Gasteiger partial charge in [-0.15, -0.1) is 0 Å². The minimum absolute atomic E-state index is 0.0289. The van der Waals surface area contributed by atoms with E-state index in [2.05, 4.69) is 27.8 Å². The van der Waals surface area contributed by atoms with Crippen LogP contribution in [0.5, 0.6) is 0 Å². The minimum Gasteiger partial charge on any atom is -0.348 e. The molecule has 1 saturated heterocycles. The summed E-state index contributed by atoms with van der Waals surface area (Å²) < 4.78 is 0. The van der Waals surface area contributed by atoms with Crippen LogP contribution in [0.4, 0.5) is 0 Å². The van der Waals surface area contributed by atoms with Gasteiger partial charge in [-0.3, -0.25) is 9.89 Å². The van der Waals surface area contributed by atoms with Crippen molar-refractivity contribution in [2.24, 2.45) is 5.92 Å². The maximum atomic E-state index is 12.1. The standard InChI is InChI=1S/C17H26N4O/c1-12-2-4-13(5-3-12)8-16(22)19-10-15-11-20-21-17(15)14-6-7-18-9-14/h8,11-12,14,18H,2-7,9-10H2,1H3,(H,19,22)(H,20,21). The molecule has 0 spiro atoms. The van der Waals surface area contributed by atoms with E-state index in [1.54, 1.807) is 0 Å². The van der Waals surface area contributed by atoms with Crippen LogP contribution in [-0.4, -0.2) is 29.2 Å². The second-order valence-corrected chi connectivity index (χ2v) is 6.70. The zero-order valence-corrected chi connectivity index (χ0v) is 13.3. The molecule has 1 aliphatic heterocycles. The summed E-state index contributed by atoms with van der Waals surface area (Å²) in [6, 6.07) is 0. The van der Waals surface area contributed by atoms with Gasteiger partial charge in [0.25, 0.3) is 0 Å². The molecule has 1 aromatic heterocycles. The average Bonchev–Trinajstić information content (AvgIpc) is 3.18. The van der Waals surface area contributed by atoms with E-state index in [0.29, 0.717) is 12.5 Å². The molecule has 22 heavy (non-hydrogen) atoms. The van der Waals surface area contributed by atoms with Crippen molar-refractivity contribution < 1.29 is 4.79 Å². The molecule has 2 fully saturated rings. The van der Waals surface area contributed by atoms with Crippen molar-refractivity contribution in [2.45, 2.75) is 51.5 Å². The second-order valence-electron chi connectivity index (χ2n) is 6.70. The van der Waals surface area contributed by atoms with Gasteiger partial charge in [0, 0.05) is 36.3 Å². The van der Waals surface area contributed by atoms with E-state index in [0.717, 1.165) is 43.8 Å². The summed E-state index contributed by atoms with van der Waals surface area (Å²) in [7, 11) is 0. The summed E-state index contributed by atoms with van der Waals surface area (Å²) >= 11 is 0. The maximum Gasteiger partial charge on any atom is 0.244 e. The molecular formula is C17H26N4O. The smallest absolute Gasteiger partial charge is 0.244 e. The van der Waals surface area contributed by atoms with Crippen LogP contribution in [0, 0.1) is 5.92 Å². The highest BCUT2D eigenvalue weighted by Crippen LogP contribution is 2.27. The van der Waals surface area contributed by atoms with Crippen molar-refractivity contribution in [3.63, 3.8) is 0 Å². The first kappa shape index (κ1) is 15.3. The predicted molar refractivity (Wildman–Crippen MR) is 86.4 cm³/mol. The van der Waals surface area contributed by atoms with E-state index in [9.17, 15) is 4.79 Å². The number of aromatic amines is 1. The number of hydrogen-bond acceptors (Lipinski definition) is 3. The largest absolute Gasteiger partial charge is 0.348 e.